The lowest BCUT2D eigenvalue weighted by Gasteiger charge is -2.08. The largest absolute Gasteiger partial charge is 0.397 e. The SMILES string of the molecule is Nc1cnn(Cc2c(F)ccc(Br)c2F)c(=O)c1. The average Bonchev–Trinajstić information content (AvgIpc) is 2.32. The van der Waals surface area contributed by atoms with Crippen LogP contribution in [0, 0.1) is 11.6 Å². The molecule has 0 aliphatic rings. The summed E-state index contributed by atoms with van der Waals surface area (Å²) in [6, 6.07) is 3.51. The smallest absolute Gasteiger partial charge is 0.269 e. The van der Waals surface area contributed by atoms with Crippen molar-refractivity contribution in [2.75, 3.05) is 5.73 Å². The number of hydrogen-bond acceptors (Lipinski definition) is 3. The molecule has 1 heterocycles. The van der Waals surface area contributed by atoms with E-state index >= 15 is 0 Å². The van der Waals surface area contributed by atoms with Gasteiger partial charge in [0.15, 0.2) is 0 Å². The van der Waals surface area contributed by atoms with Gasteiger partial charge < -0.3 is 5.73 Å². The van der Waals surface area contributed by atoms with Crippen LogP contribution in [0.5, 0.6) is 0 Å². The number of benzene rings is 1. The Morgan fingerprint density at radius 3 is 2.78 bits per heavy atom. The number of halogens is 3. The molecule has 1 aromatic carbocycles. The topological polar surface area (TPSA) is 60.9 Å². The summed E-state index contributed by atoms with van der Waals surface area (Å²) in [5.74, 6) is -1.48. The fourth-order valence-corrected chi connectivity index (χ4v) is 1.80. The number of nitrogen functional groups attached to an aromatic ring is 1. The maximum atomic E-state index is 13.7. The van der Waals surface area contributed by atoms with Crippen molar-refractivity contribution in [2.45, 2.75) is 6.54 Å². The van der Waals surface area contributed by atoms with Crippen molar-refractivity contribution in [3.8, 4) is 0 Å². The van der Waals surface area contributed by atoms with Crippen LogP contribution in [0.4, 0.5) is 14.5 Å². The molecular formula is C11H8BrF2N3O. The zero-order valence-corrected chi connectivity index (χ0v) is 10.6. The van der Waals surface area contributed by atoms with Crippen LogP contribution in [0.2, 0.25) is 0 Å². The highest BCUT2D eigenvalue weighted by molar-refractivity contribution is 9.10. The van der Waals surface area contributed by atoms with Crippen LogP contribution in [-0.4, -0.2) is 9.78 Å². The third kappa shape index (κ3) is 2.40. The van der Waals surface area contributed by atoms with Crippen LogP contribution in [0.3, 0.4) is 0 Å². The molecule has 94 valence electrons. The van der Waals surface area contributed by atoms with Crippen molar-refractivity contribution in [1.29, 1.82) is 0 Å². The average molecular weight is 316 g/mol. The van der Waals surface area contributed by atoms with Crippen LogP contribution < -0.4 is 11.3 Å². The molecule has 0 atom stereocenters. The number of hydrogen-bond donors (Lipinski definition) is 1. The lowest BCUT2D eigenvalue weighted by atomic mass is 10.2. The second-order valence-corrected chi connectivity index (χ2v) is 4.46. The molecule has 0 amide bonds. The van der Waals surface area contributed by atoms with Crippen LogP contribution in [0.25, 0.3) is 0 Å². The zero-order chi connectivity index (χ0) is 13.3. The number of rotatable bonds is 2. The van der Waals surface area contributed by atoms with Crippen molar-refractivity contribution in [1.82, 2.24) is 9.78 Å². The predicted octanol–water partition coefficient (Wildman–Crippen LogP) is 1.91. The lowest BCUT2D eigenvalue weighted by molar-refractivity contribution is 0.521. The summed E-state index contributed by atoms with van der Waals surface area (Å²) in [6.07, 6.45) is 1.25. The van der Waals surface area contributed by atoms with E-state index in [-0.39, 0.29) is 22.3 Å². The van der Waals surface area contributed by atoms with Gasteiger partial charge in [-0.25, -0.2) is 13.5 Å². The van der Waals surface area contributed by atoms with Gasteiger partial charge in [-0.15, -0.1) is 0 Å². The monoisotopic (exact) mass is 315 g/mol. The van der Waals surface area contributed by atoms with Gasteiger partial charge in [0.05, 0.1) is 22.9 Å². The van der Waals surface area contributed by atoms with E-state index in [1.54, 1.807) is 0 Å². The molecule has 0 saturated heterocycles. The molecule has 1 aromatic heterocycles. The molecule has 0 radical (unpaired) electrons. The summed E-state index contributed by atoms with van der Waals surface area (Å²) in [7, 11) is 0. The van der Waals surface area contributed by atoms with Gasteiger partial charge in [-0.2, -0.15) is 5.10 Å². The normalized spacial score (nSPS) is 10.6. The molecule has 0 fully saturated rings. The van der Waals surface area contributed by atoms with Crippen LogP contribution in [0.15, 0.2) is 33.7 Å². The quantitative estimate of drug-likeness (QED) is 0.861. The van der Waals surface area contributed by atoms with E-state index in [9.17, 15) is 13.6 Å². The third-order valence-corrected chi connectivity index (χ3v) is 2.95. The number of aromatic nitrogens is 2. The van der Waals surface area contributed by atoms with Crippen LogP contribution in [-0.2, 0) is 6.54 Å². The summed E-state index contributed by atoms with van der Waals surface area (Å²) in [6.45, 7) is -0.295. The molecule has 0 saturated carbocycles. The molecule has 4 nitrogen and oxygen atoms in total. The Balaban J connectivity index is 2.46. The minimum Gasteiger partial charge on any atom is -0.397 e. The molecule has 2 N–H and O–H groups in total. The first kappa shape index (κ1) is 12.7. The highest BCUT2D eigenvalue weighted by atomic mass is 79.9. The Morgan fingerprint density at radius 2 is 2.11 bits per heavy atom. The van der Waals surface area contributed by atoms with E-state index in [2.05, 4.69) is 21.0 Å². The second-order valence-electron chi connectivity index (χ2n) is 3.61. The van der Waals surface area contributed by atoms with Gasteiger partial charge in [-0.3, -0.25) is 4.79 Å². The van der Waals surface area contributed by atoms with Crippen molar-refractivity contribution in [3.05, 3.63) is 56.4 Å². The summed E-state index contributed by atoms with van der Waals surface area (Å²) >= 11 is 2.95. The van der Waals surface area contributed by atoms with Gasteiger partial charge in [0, 0.05) is 11.6 Å². The molecule has 7 heteroatoms. The summed E-state index contributed by atoms with van der Waals surface area (Å²) in [5.41, 5.74) is 4.82. The maximum absolute atomic E-state index is 13.7. The van der Waals surface area contributed by atoms with Gasteiger partial charge in [-0.1, -0.05) is 0 Å². The molecule has 2 aromatic rings. The Hall–Kier alpha value is -1.76. The van der Waals surface area contributed by atoms with Gasteiger partial charge in [0.2, 0.25) is 0 Å². The molecule has 0 aliphatic carbocycles. The highest BCUT2D eigenvalue weighted by Gasteiger charge is 2.13. The fraction of sp³-hybridized carbons (Fsp3) is 0.0909. The lowest BCUT2D eigenvalue weighted by Crippen LogP contribution is -2.24. The molecule has 2 rings (SSSR count). The molecule has 0 bridgehead atoms. The minimum atomic E-state index is -0.750. The minimum absolute atomic E-state index is 0.127. The van der Waals surface area contributed by atoms with Gasteiger partial charge in [0.25, 0.3) is 5.56 Å². The van der Waals surface area contributed by atoms with E-state index in [0.29, 0.717) is 0 Å². The predicted molar refractivity (Wildman–Crippen MR) is 66.1 cm³/mol. The molecular weight excluding hydrogens is 308 g/mol. The van der Waals surface area contributed by atoms with E-state index in [1.165, 1.54) is 12.3 Å². The van der Waals surface area contributed by atoms with Crippen LogP contribution >= 0.6 is 15.9 Å². The molecule has 0 unspecified atom stereocenters. The second kappa shape index (κ2) is 4.85. The summed E-state index contributed by atoms with van der Waals surface area (Å²) in [5, 5.41) is 3.72. The standard InChI is InChI=1S/C11H8BrF2N3O/c12-8-1-2-9(13)7(11(8)14)5-17-10(18)3-6(15)4-16-17/h1-4H,5,15H2. The Morgan fingerprint density at radius 1 is 1.39 bits per heavy atom. The number of nitrogens with two attached hydrogens (primary N) is 1. The van der Waals surface area contributed by atoms with Crippen molar-refractivity contribution >= 4 is 21.6 Å². The summed E-state index contributed by atoms with van der Waals surface area (Å²) in [4.78, 5) is 11.5. The Labute approximate surface area is 109 Å². The molecule has 18 heavy (non-hydrogen) atoms. The molecule has 0 spiro atoms. The third-order valence-electron chi connectivity index (χ3n) is 2.34. The maximum Gasteiger partial charge on any atom is 0.269 e. The van der Waals surface area contributed by atoms with Crippen molar-refractivity contribution < 1.29 is 8.78 Å². The first-order valence-corrected chi connectivity index (χ1v) is 5.73. The summed E-state index contributed by atoms with van der Waals surface area (Å²) < 4.78 is 28.3. The first-order chi connectivity index (χ1) is 8.49. The van der Waals surface area contributed by atoms with Gasteiger partial charge in [-0.05, 0) is 28.1 Å². The van der Waals surface area contributed by atoms with Crippen molar-refractivity contribution in [3.63, 3.8) is 0 Å². The highest BCUT2D eigenvalue weighted by Crippen LogP contribution is 2.21. The van der Waals surface area contributed by atoms with Gasteiger partial charge >= 0.3 is 0 Å². The van der Waals surface area contributed by atoms with Gasteiger partial charge in [0.1, 0.15) is 11.6 Å². The van der Waals surface area contributed by atoms with Crippen LogP contribution in [0.1, 0.15) is 5.56 Å². The van der Waals surface area contributed by atoms with Crippen molar-refractivity contribution in [2.24, 2.45) is 0 Å². The van der Waals surface area contributed by atoms with E-state index in [1.807, 2.05) is 0 Å². The fourth-order valence-electron chi connectivity index (χ4n) is 1.43. The molecule has 0 aliphatic heterocycles. The Kier molecular flexibility index (Phi) is 3.42. The number of nitrogens with zero attached hydrogens (tertiary/aromatic N) is 2. The van der Waals surface area contributed by atoms with E-state index in [4.69, 9.17) is 5.73 Å². The van der Waals surface area contributed by atoms with E-state index in [0.717, 1.165) is 16.8 Å². The first-order valence-electron chi connectivity index (χ1n) is 4.94. The van der Waals surface area contributed by atoms with E-state index < -0.39 is 17.2 Å². The number of anilines is 1. The Bertz CT molecular complexity index is 657. The zero-order valence-electron chi connectivity index (χ0n) is 9.03.